The van der Waals surface area contributed by atoms with Crippen molar-refractivity contribution >= 4 is 59.5 Å². The Morgan fingerprint density at radius 3 is 1.92 bits per heavy atom. The van der Waals surface area contributed by atoms with Crippen LogP contribution in [0.25, 0.3) is 0 Å². The minimum Gasteiger partial charge on any atom is -0.467 e. The van der Waals surface area contributed by atoms with Crippen LogP contribution in [0.3, 0.4) is 0 Å². The number of ether oxygens (including phenoxy) is 9. The topological polar surface area (TPSA) is 288 Å². The van der Waals surface area contributed by atoms with Gasteiger partial charge in [-0.3, -0.25) is 29.3 Å². The van der Waals surface area contributed by atoms with Crippen LogP contribution >= 0.6 is 0 Å². The standard InChI is InChI=1S/C56H81N5O18/c1-19-72-49(67)31(4)25-39(30(2)3)61(17)48(66)46(54(8,9)10)60-47(65)45(57-16)56(14,15)37-21-20-22-38(27-37)59-53(70)73-29-35-23-24-40(36(26-35)28-58-52(69)79-55(11,12)13)77-51-44(76-34(7)64)42(75-33(6)63)41(74-32(5)62)43(78-51)50(68)71-18/h20-27,30,39,41-46,51,57H,19,28-29H2,1-18H3,(H,58,69)(H,59,70)(H,60,65)/b31-25+/t39-,41+,42+,43+,44-,45-,46-,51-/m1/s1. The van der Waals surface area contributed by atoms with Crippen LogP contribution in [0.2, 0.25) is 0 Å². The number of benzene rings is 2. The van der Waals surface area contributed by atoms with Gasteiger partial charge in [0.05, 0.1) is 25.8 Å². The van der Waals surface area contributed by atoms with Crippen molar-refractivity contribution in [3.05, 3.63) is 70.8 Å². The zero-order valence-electron chi connectivity index (χ0n) is 48.7. The van der Waals surface area contributed by atoms with Crippen molar-refractivity contribution in [1.29, 1.82) is 0 Å². The second kappa shape index (κ2) is 28.6. The molecule has 0 aliphatic carbocycles. The molecule has 23 nitrogen and oxygen atoms in total. The maximum absolute atomic E-state index is 14.4. The molecule has 0 unspecified atom stereocenters. The summed E-state index contributed by atoms with van der Waals surface area (Å²) < 4.78 is 49.6. The van der Waals surface area contributed by atoms with Crippen LogP contribution < -0.4 is 26.0 Å². The zero-order valence-corrected chi connectivity index (χ0v) is 48.7. The van der Waals surface area contributed by atoms with Crippen LogP contribution in [0.15, 0.2) is 54.1 Å². The van der Waals surface area contributed by atoms with Crippen molar-refractivity contribution in [2.75, 3.05) is 33.1 Å². The number of methoxy groups -OCH3 is 1. The lowest BCUT2D eigenvalue weighted by Crippen LogP contribution is -2.64. The first-order valence-electron chi connectivity index (χ1n) is 25.8. The molecule has 1 heterocycles. The van der Waals surface area contributed by atoms with Crippen molar-refractivity contribution < 1.29 is 85.8 Å². The molecule has 0 bridgehead atoms. The maximum Gasteiger partial charge on any atom is 0.411 e. The molecular weight excluding hydrogens is 1030 g/mol. The average molecular weight is 1110 g/mol. The second-order valence-electron chi connectivity index (χ2n) is 21.9. The summed E-state index contributed by atoms with van der Waals surface area (Å²) in [4.78, 5) is 119. The summed E-state index contributed by atoms with van der Waals surface area (Å²) in [6.07, 6.45) is -8.36. The maximum atomic E-state index is 14.4. The fourth-order valence-electron chi connectivity index (χ4n) is 8.59. The summed E-state index contributed by atoms with van der Waals surface area (Å²) in [6, 6.07) is 8.94. The number of hydrogen-bond donors (Lipinski definition) is 4. The summed E-state index contributed by atoms with van der Waals surface area (Å²) in [7, 11) is 4.32. The number of rotatable bonds is 22. The molecule has 1 aliphatic heterocycles. The third-order valence-electron chi connectivity index (χ3n) is 12.4. The van der Waals surface area contributed by atoms with E-state index in [-0.39, 0.29) is 42.9 Å². The van der Waals surface area contributed by atoms with Gasteiger partial charge in [0.2, 0.25) is 24.2 Å². The molecule has 1 fully saturated rings. The van der Waals surface area contributed by atoms with E-state index in [4.69, 9.17) is 42.6 Å². The molecule has 3 rings (SSSR count). The van der Waals surface area contributed by atoms with E-state index in [0.29, 0.717) is 22.4 Å². The van der Waals surface area contributed by atoms with Crippen LogP contribution in [-0.2, 0) is 90.0 Å². The molecule has 0 radical (unpaired) electrons. The van der Waals surface area contributed by atoms with E-state index in [9.17, 15) is 43.2 Å². The van der Waals surface area contributed by atoms with Gasteiger partial charge in [-0.15, -0.1) is 0 Å². The molecule has 0 spiro atoms. The minimum absolute atomic E-state index is 0.0153. The molecule has 438 valence electrons. The van der Waals surface area contributed by atoms with Crippen molar-refractivity contribution in [3.63, 3.8) is 0 Å². The highest BCUT2D eigenvalue weighted by molar-refractivity contribution is 5.92. The highest BCUT2D eigenvalue weighted by atomic mass is 16.7. The van der Waals surface area contributed by atoms with Gasteiger partial charge in [0.1, 0.15) is 24.0 Å². The van der Waals surface area contributed by atoms with Crippen LogP contribution in [0.4, 0.5) is 15.3 Å². The number of nitrogens with one attached hydrogen (secondary N) is 4. The molecule has 79 heavy (non-hydrogen) atoms. The number of carbonyl (C=O) groups is 9. The van der Waals surface area contributed by atoms with Crippen LogP contribution in [0.5, 0.6) is 5.75 Å². The SMILES string of the molecule is CCOC(=O)/C(C)=C/[C@H](C(C)C)N(C)C(=O)[C@@H](NC(=O)[C@@H](NC)C(C)(C)c1cccc(NC(=O)OCc2ccc(O[C@@H]3O[C@H](C(=O)OC)[C@@H](OC(C)=O)[C@H](OC(C)=O)[C@H]3OC(C)=O)c(CNC(=O)OC(C)(C)C)c2)c1)C(C)(C)C. The Morgan fingerprint density at radius 2 is 1.38 bits per heavy atom. The molecule has 1 saturated heterocycles. The number of hydrogen-bond acceptors (Lipinski definition) is 19. The van der Waals surface area contributed by atoms with Gasteiger partial charge < -0.3 is 63.5 Å². The molecule has 0 saturated carbocycles. The Hall–Kier alpha value is -7.27. The molecule has 4 N–H and O–H groups in total. The number of anilines is 1. The predicted molar refractivity (Wildman–Crippen MR) is 287 cm³/mol. The van der Waals surface area contributed by atoms with E-state index >= 15 is 0 Å². The highest BCUT2D eigenvalue weighted by Crippen LogP contribution is 2.34. The van der Waals surface area contributed by atoms with Crippen molar-refractivity contribution in [1.82, 2.24) is 20.9 Å². The Kier molecular flexibility index (Phi) is 23.9. The lowest BCUT2D eigenvalue weighted by molar-refractivity contribution is -0.282. The molecule has 2 aromatic carbocycles. The lowest BCUT2D eigenvalue weighted by atomic mass is 9.76. The van der Waals surface area contributed by atoms with Gasteiger partial charge in [-0.1, -0.05) is 72.7 Å². The average Bonchev–Trinajstić information content (AvgIpc) is 3.34. The summed E-state index contributed by atoms with van der Waals surface area (Å²) in [6.45, 7) is 24.2. The second-order valence-corrected chi connectivity index (χ2v) is 21.9. The zero-order chi connectivity index (χ0) is 59.9. The van der Waals surface area contributed by atoms with Gasteiger partial charge in [0.25, 0.3) is 0 Å². The molecule has 8 atom stereocenters. The highest BCUT2D eigenvalue weighted by Gasteiger charge is 2.56. The lowest BCUT2D eigenvalue weighted by Gasteiger charge is -2.43. The van der Waals surface area contributed by atoms with E-state index in [1.807, 2.05) is 48.5 Å². The fraction of sp³-hybridized carbons (Fsp3) is 0.589. The quantitative estimate of drug-likeness (QED) is 0.0604. The Bertz CT molecular complexity index is 2550. The number of nitrogens with zero attached hydrogens (tertiary/aromatic N) is 1. The third-order valence-corrected chi connectivity index (χ3v) is 12.4. The number of carbonyl (C=O) groups excluding carboxylic acids is 9. The largest absolute Gasteiger partial charge is 0.467 e. The first-order valence-corrected chi connectivity index (χ1v) is 25.8. The van der Waals surface area contributed by atoms with Crippen molar-refractivity contribution in [2.45, 2.75) is 177 Å². The normalized spacial score (nSPS) is 18.8. The van der Waals surface area contributed by atoms with Gasteiger partial charge >= 0.3 is 42.0 Å². The van der Waals surface area contributed by atoms with Gasteiger partial charge in [-0.2, -0.15) is 0 Å². The first kappa shape index (κ1) is 66.0. The summed E-state index contributed by atoms with van der Waals surface area (Å²) in [5, 5.41) is 11.5. The molecule has 0 aromatic heterocycles. The van der Waals surface area contributed by atoms with Crippen LogP contribution in [-0.4, -0.2) is 141 Å². The summed E-state index contributed by atoms with van der Waals surface area (Å²) in [5.74, 6) is -5.10. The number of likely N-dealkylation sites (N-methyl/N-ethyl adjacent to an activating group) is 2. The van der Waals surface area contributed by atoms with Gasteiger partial charge in [-0.25, -0.2) is 19.2 Å². The Labute approximate surface area is 462 Å². The van der Waals surface area contributed by atoms with Crippen molar-refractivity contribution in [3.8, 4) is 5.75 Å². The summed E-state index contributed by atoms with van der Waals surface area (Å²) in [5.41, 5.74) is -0.597. The van der Waals surface area contributed by atoms with E-state index in [1.165, 1.54) is 18.2 Å². The first-order chi connectivity index (χ1) is 36.6. The molecular formula is C56H81N5O18. The van der Waals surface area contributed by atoms with Crippen LogP contribution in [0.1, 0.15) is 121 Å². The number of alkyl carbamates (subject to hydrolysis) is 1. The number of amides is 4. The van der Waals surface area contributed by atoms with Crippen molar-refractivity contribution in [2.24, 2.45) is 11.3 Å². The van der Waals surface area contributed by atoms with Gasteiger partial charge in [-0.05, 0) is 88.4 Å². The van der Waals surface area contributed by atoms with Crippen LogP contribution in [0, 0.1) is 11.3 Å². The summed E-state index contributed by atoms with van der Waals surface area (Å²) >= 11 is 0. The van der Waals surface area contributed by atoms with E-state index in [1.54, 1.807) is 84.0 Å². The fourth-order valence-corrected chi connectivity index (χ4v) is 8.59. The predicted octanol–water partition coefficient (Wildman–Crippen LogP) is 5.92. The Morgan fingerprint density at radius 1 is 0.772 bits per heavy atom. The monoisotopic (exact) mass is 1110 g/mol. The molecule has 23 heteroatoms. The molecule has 1 aliphatic rings. The smallest absolute Gasteiger partial charge is 0.411 e. The molecule has 2 aromatic rings. The van der Waals surface area contributed by atoms with E-state index < -0.39 is 113 Å². The number of esters is 5. The van der Waals surface area contributed by atoms with E-state index in [2.05, 4.69) is 21.3 Å². The van der Waals surface area contributed by atoms with E-state index in [0.717, 1.165) is 27.9 Å². The molecule has 4 amide bonds. The Balaban J connectivity index is 1.92. The minimum atomic E-state index is -1.75. The van der Waals surface area contributed by atoms with Gasteiger partial charge in [0.15, 0.2) is 18.3 Å². The van der Waals surface area contributed by atoms with Gasteiger partial charge in [0, 0.05) is 56.6 Å². The third kappa shape index (κ3) is 19.3.